The summed E-state index contributed by atoms with van der Waals surface area (Å²) < 4.78 is 44.3. The van der Waals surface area contributed by atoms with Crippen LogP contribution in [0.15, 0.2) is 29.2 Å². The van der Waals surface area contributed by atoms with Crippen LogP contribution in [0, 0.1) is 11.7 Å². The number of rotatable bonds is 9. The van der Waals surface area contributed by atoms with Crippen LogP contribution in [0.25, 0.3) is 0 Å². The topological polar surface area (TPSA) is 92.8 Å². The minimum Gasteiger partial charge on any atom is -0.469 e. The summed E-state index contributed by atoms with van der Waals surface area (Å²) in [6.07, 6.45) is 3.83. The summed E-state index contributed by atoms with van der Waals surface area (Å²) in [6, 6.07) is 4.70. The Balaban J connectivity index is 1.81. The molecule has 1 aromatic rings. The van der Waals surface area contributed by atoms with E-state index in [1.54, 1.807) is 0 Å². The van der Waals surface area contributed by atoms with E-state index in [-0.39, 0.29) is 23.3 Å². The number of hydrogen-bond donors (Lipinski definition) is 1. The molecular weight excluding hydrogens is 387 g/mol. The Bertz CT molecular complexity index is 767. The van der Waals surface area contributed by atoms with Crippen LogP contribution in [0.1, 0.15) is 38.5 Å². The Morgan fingerprint density at radius 2 is 1.93 bits per heavy atom. The van der Waals surface area contributed by atoms with E-state index in [4.69, 9.17) is 0 Å². The summed E-state index contributed by atoms with van der Waals surface area (Å²) in [5.41, 5.74) is 0. The average molecular weight is 414 g/mol. The van der Waals surface area contributed by atoms with Gasteiger partial charge in [0.25, 0.3) is 0 Å². The van der Waals surface area contributed by atoms with E-state index in [2.05, 4.69) is 10.1 Å². The zero-order valence-corrected chi connectivity index (χ0v) is 16.8. The van der Waals surface area contributed by atoms with Crippen molar-refractivity contribution in [2.45, 2.75) is 43.4 Å². The summed E-state index contributed by atoms with van der Waals surface area (Å²) >= 11 is 0. The number of unbranched alkanes of at least 4 members (excludes halogenated alkanes) is 2. The largest absolute Gasteiger partial charge is 0.469 e. The third kappa shape index (κ3) is 6.27. The van der Waals surface area contributed by atoms with Crippen molar-refractivity contribution >= 4 is 21.9 Å². The molecule has 9 heteroatoms. The van der Waals surface area contributed by atoms with Crippen molar-refractivity contribution in [3.63, 3.8) is 0 Å². The molecule has 1 aliphatic rings. The second-order valence-corrected chi connectivity index (χ2v) is 8.77. The van der Waals surface area contributed by atoms with Crippen LogP contribution in [-0.4, -0.2) is 51.3 Å². The number of carbonyl (C=O) groups excluding carboxylic acids is 2. The Morgan fingerprint density at radius 1 is 1.21 bits per heavy atom. The fourth-order valence-electron chi connectivity index (χ4n) is 3.16. The van der Waals surface area contributed by atoms with Crippen molar-refractivity contribution < 1.29 is 27.1 Å². The number of nitrogens with one attached hydrogen (secondary N) is 1. The number of halogens is 1. The van der Waals surface area contributed by atoms with Crippen molar-refractivity contribution in [2.24, 2.45) is 5.92 Å². The monoisotopic (exact) mass is 414 g/mol. The normalized spacial score (nSPS) is 17.9. The number of piperidine rings is 1. The highest BCUT2D eigenvalue weighted by Crippen LogP contribution is 2.24. The molecule has 1 amide bonds. The lowest BCUT2D eigenvalue weighted by Gasteiger charge is -2.31. The molecule has 1 aliphatic heterocycles. The van der Waals surface area contributed by atoms with Crippen LogP contribution in [0.3, 0.4) is 0 Å². The Kier molecular flexibility index (Phi) is 8.37. The molecule has 0 saturated carbocycles. The van der Waals surface area contributed by atoms with Gasteiger partial charge in [0, 0.05) is 26.1 Å². The van der Waals surface area contributed by atoms with Gasteiger partial charge < -0.3 is 10.1 Å². The van der Waals surface area contributed by atoms with E-state index >= 15 is 0 Å². The van der Waals surface area contributed by atoms with Crippen molar-refractivity contribution in [1.29, 1.82) is 0 Å². The summed E-state index contributed by atoms with van der Waals surface area (Å²) in [4.78, 5) is 23.4. The molecule has 1 N–H and O–H groups in total. The molecule has 0 radical (unpaired) electrons. The number of methoxy groups -OCH3 is 1. The standard InChI is InChI=1S/C19H27FN2O5S/c1-27-18(23)7-3-2-4-12-21-19(24)15-6-5-13-22(14-15)28(25,26)17-10-8-16(20)9-11-17/h8-11,15H,2-7,12-14H2,1H3,(H,21,24). The molecule has 1 aromatic carbocycles. The number of ether oxygens (including phenoxy) is 1. The number of hydrogen-bond acceptors (Lipinski definition) is 5. The molecule has 156 valence electrons. The molecule has 1 heterocycles. The van der Waals surface area contributed by atoms with Crippen LogP contribution in [0.5, 0.6) is 0 Å². The van der Waals surface area contributed by atoms with E-state index in [9.17, 15) is 22.4 Å². The van der Waals surface area contributed by atoms with Gasteiger partial charge in [-0.15, -0.1) is 0 Å². The maximum atomic E-state index is 13.1. The van der Waals surface area contributed by atoms with Crippen LogP contribution in [-0.2, 0) is 24.3 Å². The van der Waals surface area contributed by atoms with Gasteiger partial charge in [-0.05, 0) is 49.9 Å². The van der Waals surface area contributed by atoms with E-state index in [0.29, 0.717) is 38.8 Å². The van der Waals surface area contributed by atoms with Gasteiger partial charge in [-0.3, -0.25) is 9.59 Å². The lowest BCUT2D eigenvalue weighted by Crippen LogP contribution is -2.45. The molecule has 0 aromatic heterocycles. The maximum Gasteiger partial charge on any atom is 0.305 e. The van der Waals surface area contributed by atoms with Gasteiger partial charge in [-0.1, -0.05) is 6.42 Å². The molecule has 1 atom stereocenters. The van der Waals surface area contributed by atoms with Crippen LogP contribution in [0.2, 0.25) is 0 Å². The molecule has 1 fully saturated rings. The van der Waals surface area contributed by atoms with Crippen molar-refractivity contribution in [3.05, 3.63) is 30.1 Å². The van der Waals surface area contributed by atoms with Crippen molar-refractivity contribution in [1.82, 2.24) is 9.62 Å². The predicted molar refractivity (Wildman–Crippen MR) is 101 cm³/mol. The summed E-state index contributed by atoms with van der Waals surface area (Å²) in [5, 5.41) is 2.85. The first-order valence-corrected chi connectivity index (χ1v) is 10.9. The van der Waals surface area contributed by atoms with E-state index < -0.39 is 21.8 Å². The van der Waals surface area contributed by atoms with Crippen LogP contribution >= 0.6 is 0 Å². The lowest BCUT2D eigenvalue weighted by molar-refractivity contribution is -0.140. The molecule has 28 heavy (non-hydrogen) atoms. The zero-order valence-electron chi connectivity index (χ0n) is 16.0. The number of sulfonamides is 1. The second-order valence-electron chi connectivity index (χ2n) is 6.83. The molecule has 0 aliphatic carbocycles. The SMILES string of the molecule is COC(=O)CCCCCNC(=O)C1CCCN(S(=O)(=O)c2ccc(F)cc2)C1. The second kappa shape index (κ2) is 10.5. The summed E-state index contributed by atoms with van der Waals surface area (Å²) in [5.74, 6) is -1.30. The lowest BCUT2D eigenvalue weighted by atomic mass is 9.99. The van der Waals surface area contributed by atoms with E-state index in [1.807, 2.05) is 0 Å². The third-order valence-corrected chi connectivity index (χ3v) is 6.67. The summed E-state index contributed by atoms with van der Waals surface area (Å²) in [6.45, 7) is 0.951. The van der Waals surface area contributed by atoms with Gasteiger partial charge in [0.1, 0.15) is 5.82 Å². The van der Waals surface area contributed by atoms with Crippen molar-refractivity contribution in [2.75, 3.05) is 26.7 Å². The minimum atomic E-state index is -3.75. The van der Waals surface area contributed by atoms with E-state index in [1.165, 1.54) is 23.5 Å². The smallest absolute Gasteiger partial charge is 0.305 e. The van der Waals surface area contributed by atoms with E-state index in [0.717, 1.165) is 25.0 Å². The molecule has 1 saturated heterocycles. The van der Waals surface area contributed by atoms with Crippen molar-refractivity contribution in [3.8, 4) is 0 Å². The maximum absolute atomic E-state index is 13.1. The van der Waals surface area contributed by atoms with Gasteiger partial charge in [0.2, 0.25) is 15.9 Å². The Labute approximate surface area is 165 Å². The minimum absolute atomic E-state index is 0.0283. The first kappa shape index (κ1) is 22.3. The molecule has 2 rings (SSSR count). The Morgan fingerprint density at radius 3 is 2.61 bits per heavy atom. The third-order valence-electron chi connectivity index (χ3n) is 4.79. The average Bonchev–Trinajstić information content (AvgIpc) is 2.70. The number of amides is 1. The molecule has 1 unspecified atom stereocenters. The summed E-state index contributed by atoms with van der Waals surface area (Å²) in [7, 11) is -2.39. The highest BCUT2D eigenvalue weighted by Gasteiger charge is 2.33. The van der Waals surface area contributed by atoms with Crippen LogP contribution < -0.4 is 5.32 Å². The van der Waals surface area contributed by atoms with Gasteiger partial charge in [0.05, 0.1) is 17.9 Å². The number of nitrogens with zero attached hydrogens (tertiary/aromatic N) is 1. The quantitative estimate of drug-likeness (QED) is 0.493. The fourth-order valence-corrected chi connectivity index (χ4v) is 4.68. The fraction of sp³-hybridized carbons (Fsp3) is 0.579. The molecular formula is C19H27FN2O5S. The highest BCUT2D eigenvalue weighted by atomic mass is 32.2. The van der Waals surface area contributed by atoms with Gasteiger partial charge in [-0.25, -0.2) is 12.8 Å². The Hall–Kier alpha value is -2.00. The molecule has 0 bridgehead atoms. The zero-order chi connectivity index (χ0) is 20.6. The molecule has 0 spiro atoms. The number of benzene rings is 1. The van der Waals surface area contributed by atoms with Gasteiger partial charge >= 0.3 is 5.97 Å². The highest BCUT2D eigenvalue weighted by molar-refractivity contribution is 7.89. The number of carbonyl (C=O) groups is 2. The molecule has 7 nitrogen and oxygen atoms in total. The first-order valence-electron chi connectivity index (χ1n) is 9.45. The van der Waals surface area contributed by atoms with Crippen LogP contribution in [0.4, 0.5) is 4.39 Å². The number of esters is 1. The van der Waals surface area contributed by atoms with Gasteiger partial charge in [-0.2, -0.15) is 4.31 Å². The predicted octanol–water partition coefficient (Wildman–Crippen LogP) is 2.08. The first-order chi connectivity index (χ1) is 13.3. The van der Waals surface area contributed by atoms with Gasteiger partial charge in [0.15, 0.2) is 0 Å².